The lowest BCUT2D eigenvalue weighted by Gasteiger charge is -2.25. The number of hydrogen-bond donors (Lipinski definition) is 2. The van der Waals surface area contributed by atoms with E-state index in [4.69, 9.17) is 15.7 Å². The zero-order valence-electron chi connectivity index (χ0n) is 8.69. The van der Waals surface area contributed by atoms with Crippen LogP contribution in [0.4, 0.5) is 0 Å². The number of hydrogen-bond acceptors (Lipinski definition) is 4. The summed E-state index contributed by atoms with van der Waals surface area (Å²) in [5.41, 5.74) is 5.45. The molecule has 0 aromatic heterocycles. The van der Waals surface area contributed by atoms with Crippen LogP contribution in [-0.4, -0.2) is 48.8 Å². The molecule has 0 aromatic carbocycles. The monoisotopic (exact) mass is 189 g/mol. The molecule has 0 aliphatic carbocycles. The Balaban J connectivity index is 4.03. The maximum Gasteiger partial charge on any atom is 0.156 e. The summed E-state index contributed by atoms with van der Waals surface area (Å²) in [7, 11) is 3.56. The van der Waals surface area contributed by atoms with Crippen molar-refractivity contribution >= 4 is 5.84 Å². The van der Waals surface area contributed by atoms with Crippen molar-refractivity contribution in [1.29, 1.82) is 0 Å². The van der Waals surface area contributed by atoms with Crippen molar-refractivity contribution in [2.24, 2.45) is 10.9 Å². The molecule has 0 fully saturated rings. The maximum atomic E-state index is 8.45. The lowest BCUT2D eigenvalue weighted by molar-refractivity contribution is 0.0815. The third-order valence-corrected chi connectivity index (χ3v) is 2.15. The second-order valence-corrected chi connectivity index (χ2v) is 3.19. The van der Waals surface area contributed by atoms with E-state index in [1.54, 1.807) is 7.11 Å². The average Bonchev–Trinajstić information content (AvgIpc) is 2.14. The molecule has 2 unspecified atom stereocenters. The van der Waals surface area contributed by atoms with Crippen LogP contribution in [0.1, 0.15) is 13.8 Å². The number of amidine groups is 1. The van der Waals surface area contributed by atoms with Gasteiger partial charge in [0.1, 0.15) is 0 Å². The van der Waals surface area contributed by atoms with Crippen molar-refractivity contribution < 1.29 is 9.94 Å². The number of nitrogens with zero attached hydrogens (tertiary/aromatic N) is 2. The van der Waals surface area contributed by atoms with Gasteiger partial charge < -0.3 is 15.7 Å². The molecule has 5 heteroatoms. The van der Waals surface area contributed by atoms with Crippen molar-refractivity contribution in [3.8, 4) is 0 Å². The molecule has 3 N–H and O–H groups in total. The Morgan fingerprint density at radius 3 is 2.54 bits per heavy atom. The summed E-state index contributed by atoms with van der Waals surface area (Å²) in [4.78, 5) is 1.96. The van der Waals surface area contributed by atoms with Gasteiger partial charge in [-0.15, -0.1) is 0 Å². The lowest BCUT2D eigenvalue weighted by Crippen LogP contribution is -2.43. The van der Waals surface area contributed by atoms with E-state index in [1.165, 1.54) is 0 Å². The highest BCUT2D eigenvalue weighted by Gasteiger charge is 2.15. The molecular formula is C8H19N3O2. The third kappa shape index (κ3) is 4.10. The normalized spacial score (nSPS) is 17.5. The Kier molecular flexibility index (Phi) is 5.41. The van der Waals surface area contributed by atoms with Crippen LogP contribution in [0, 0.1) is 0 Å². The van der Waals surface area contributed by atoms with Crippen LogP contribution in [0.5, 0.6) is 0 Å². The van der Waals surface area contributed by atoms with E-state index >= 15 is 0 Å². The highest BCUT2D eigenvalue weighted by molar-refractivity contribution is 5.84. The van der Waals surface area contributed by atoms with Crippen LogP contribution >= 0.6 is 0 Å². The highest BCUT2D eigenvalue weighted by atomic mass is 16.5. The van der Waals surface area contributed by atoms with Crippen LogP contribution in [0.2, 0.25) is 0 Å². The van der Waals surface area contributed by atoms with E-state index in [1.807, 2.05) is 25.8 Å². The first-order chi connectivity index (χ1) is 6.02. The molecule has 0 aliphatic rings. The van der Waals surface area contributed by atoms with Gasteiger partial charge in [0.25, 0.3) is 0 Å². The summed E-state index contributed by atoms with van der Waals surface area (Å²) in [6.45, 7) is 4.58. The van der Waals surface area contributed by atoms with Crippen molar-refractivity contribution in [2.45, 2.75) is 26.0 Å². The minimum absolute atomic E-state index is 0.0809. The van der Waals surface area contributed by atoms with E-state index in [2.05, 4.69) is 5.16 Å². The number of methoxy groups -OCH3 is 1. The van der Waals surface area contributed by atoms with Crippen molar-refractivity contribution in [1.82, 2.24) is 4.90 Å². The summed E-state index contributed by atoms with van der Waals surface area (Å²) in [5, 5.41) is 11.4. The topological polar surface area (TPSA) is 71.1 Å². The summed E-state index contributed by atoms with van der Waals surface area (Å²) >= 11 is 0. The van der Waals surface area contributed by atoms with Gasteiger partial charge in [0.2, 0.25) is 0 Å². The van der Waals surface area contributed by atoms with Crippen molar-refractivity contribution in [3.05, 3.63) is 0 Å². The lowest BCUT2D eigenvalue weighted by atomic mass is 10.2. The Bertz CT molecular complexity index is 173. The van der Waals surface area contributed by atoms with Gasteiger partial charge in [-0.3, -0.25) is 4.90 Å². The number of ether oxygens (including phenoxy) is 1. The minimum Gasteiger partial charge on any atom is -0.409 e. The third-order valence-electron chi connectivity index (χ3n) is 2.15. The Labute approximate surface area is 79.2 Å². The number of rotatable bonds is 5. The first-order valence-corrected chi connectivity index (χ1v) is 4.23. The first kappa shape index (κ1) is 12.2. The molecule has 2 atom stereocenters. The molecule has 0 bridgehead atoms. The fourth-order valence-electron chi connectivity index (χ4n) is 0.948. The zero-order valence-corrected chi connectivity index (χ0v) is 8.69. The maximum absolute atomic E-state index is 8.45. The smallest absolute Gasteiger partial charge is 0.156 e. The van der Waals surface area contributed by atoms with Crippen LogP contribution in [-0.2, 0) is 4.74 Å². The molecule has 5 nitrogen and oxygen atoms in total. The second kappa shape index (κ2) is 5.77. The molecule has 13 heavy (non-hydrogen) atoms. The minimum atomic E-state index is -0.0809. The number of likely N-dealkylation sites (N-methyl/N-ethyl adjacent to an activating group) is 1. The molecule has 78 valence electrons. The molecule has 0 aromatic rings. The van der Waals surface area contributed by atoms with Gasteiger partial charge in [-0.2, -0.15) is 0 Å². The van der Waals surface area contributed by atoms with Crippen molar-refractivity contribution in [3.63, 3.8) is 0 Å². The average molecular weight is 189 g/mol. The molecule has 0 spiro atoms. The van der Waals surface area contributed by atoms with Gasteiger partial charge in [0.05, 0.1) is 12.1 Å². The molecule has 0 aliphatic heterocycles. The highest BCUT2D eigenvalue weighted by Crippen LogP contribution is 1.99. The summed E-state index contributed by atoms with van der Waals surface area (Å²) < 4.78 is 5.10. The summed E-state index contributed by atoms with van der Waals surface area (Å²) in [5.74, 6) is 0.214. The van der Waals surface area contributed by atoms with Gasteiger partial charge in [-0.25, -0.2) is 0 Å². The molecule has 0 amide bonds. The standard InChI is InChI=1S/C8H19N3O2/c1-6(13-4)5-11(3)7(2)8(9)10-12/h6-7,12H,5H2,1-4H3,(H2,9,10). The van der Waals surface area contributed by atoms with Gasteiger partial charge >= 0.3 is 0 Å². The van der Waals surface area contributed by atoms with Gasteiger partial charge in [0.15, 0.2) is 5.84 Å². The van der Waals surface area contributed by atoms with E-state index in [-0.39, 0.29) is 18.0 Å². The van der Waals surface area contributed by atoms with Gasteiger partial charge in [0, 0.05) is 13.7 Å². The van der Waals surface area contributed by atoms with Crippen LogP contribution in [0.15, 0.2) is 5.16 Å². The number of oxime groups is 1. The second-order valence-electron chi connectivity index (χ2n) is 3.19. The van der Waals surface area contributed by atoms with E-state index in [0.717, 1.165) is 6.54 Å². The van der Waals surface area contributed by atoms with E-state index < -0.39 is 0 Å². The SMILES string of the molecule is COC(C)CN(C)C(C)C(N)=NO. The zero-order chi connectivity index (χ0) is 10.4. The molecular weight excluding hydrogens is 170 g/mol. The fraction of sp³-hybridized carbons (Fsp3) is 0.875. The predicted octanol–water partition coefficient (Wildman–Crippen LogP) is 0.0880. The molecule has 0 saturated heterocycles. The Hall–Kier alpha value is -0.810. The quantitative estimate of drug-likeness (QED) is 0.278. The number of nitrogens with two attached hydrogens (primary N) is 1. The van der Waals surface area contributed by atoms with Gasteiger partial charge in [-0.1, -0.05) is 5.16 Å². The molecule has 0 radical (unpaired) electrons. The Morgan fingerprint density at radius 1 is 1.62 bits per heavy atom. The predicted molar refractivity (Wildman–Crippen MR) is 52.0 cm³/mol. The van der Waals surface area contributed by atoms with Crippen LogP contribution in [0.25, 0.3) is 0 Å². The van der Waals surface area contributed by atoms with Crippen LogP contribution in [0.3, 0.4) is 0 Å². The van der Waals surface area contributed by atoms with Crippen molar-refractivity contribution in [2.75, 3.05) is 20.7 Å². The van der Waals surface area contributed by atoms with E-state index in [0.29, 0.717) is 0 Å². The fourth-order valence-corrected chi connectivity index (χ4v) is 0.948. The molecule has 0 saturated carbocycles. The van der Waals surface area contributed by atoms with Gasteiger partial charge in [-0.05, 0) is 20.9 Å². The summed E-state index contributed by atoms with van der Waals surface area (Å²) in [6.07, 6.45) is 0.138. The largest absolute Gasteiger partial charge is 0.409 e. The first-order valence-electron chi connectivity index (χ1n) is 4.23. The molecule has 0 rings (SSSR count). The van der Waals surface area contributed by atoms with E-state index in [9.17, 15) is 0 Å². The van der Waals surface area contributed by atoms with Crippen LogP contribution < -0.4 is 5.73 Å². The molecule has 0 heterocycles. The summed E-state index contributed by atoms with van der Waals surface area (Å²) in [6, 6.07) is -0.0809. The Morgan fingerprint density at radius 2 is 2.15 bits per heavy atom.